The molecule has 1 fully saturated rings. The number of rotatable bonds is 5. The molecule has 30 heavy (non-hydrogen) atoms. The number of anilines is 1. The Morgan fingerprint density at radius 2 is 1.97 bits per heavy atom. The molecule has 0 bridgehead atoms. The topological polar surface area (TPSA) is 89.9 Å². The van der Waals surface area contributed by atoms with Gasteiger partial charge in [0.1, 0.15) is 10.8 Å². The van der Waals surface area contributed by atoms with E-state index in [2.05, 4.69) is 16.1 Å². The maximum Gasteiger partial charge on any atom is 0.224 e. The standard InChI is InChI=1S/C22H22N6OS/c23-21-17(22-26-18-5-1-2-6-19(18)30-22)11-15(12-24-21)16-13-25-28(14-16)10-7-20(29)27-8-3-4-9-27/h1-2,5-6,11-14H,3-4,7-10H2,(H2,23,24). The number of thiazole rings is 1. The summed E-state index contributed by atoms with van der Waals surface area (Å²) in [5.74, 6) is 0.665. The molecule has 1 aliphatic heterocycles. The van der Waals surface area contributed by atoms with Crippen molar-refractivity contribution in [2.45, 2.75) is 25.8 Å². The van der Waals surface area contributed by atoms with E-state index in [4.69, 9.17) is 10.7 Å². The second kappa shape index (κ2) is 7.87. The molecule has 0 aliphatic carbocycles. The van der Waals surface area contributed by atoms with Crippen LogP contribution in [0.3, 0.4) is 0 Å². The molecule has 152 valence electrons. The predicted octanol–water partition coefficient (Wildman–Crippen LogP) is 3.82. The number of aryl methyl sites for hydroxylation is 1. The molecule has 1 saturated heterocycles. The summed E-state index contributed by atoms with van der Waals surface area (Å²) >= 11 is 1.60. The minimum atomic E-state index is 0.205. The number of likely N-dealkylation sites (tertiary alicyclic amines) is 1. The van der Waals surface area contributed by atoms with Gasteiger partial charge in [-0.05, 0) is 31.0 Å². The highest BCUT2D eigenvalue weighted by molar-refractivity contribution is 7.21. The van der Waals surface area contributed by atoms with E-state index in [-0.39, 0.29) is 5.91 Å². The number of carbonyl (C=O) groups excluding carboxylic acids is 1. The first-order valence-corrected chi connectivity index (χ1v) is 10.9. The van der Waals surface area contributed by atoms with Crippen molar-refractivity contribution < 1.29 is 4.79 Å². The SMILES string of the molecule is Nc1ncc(-c2cnn(CCC(=O)N3CCCC3)c2)cc1-c1nc2ccccc2s1. The lowest BCUT2D eigenvalue weighted by atomic mass is 10.1. The third-order valence-electron chi connectivity index (χ3n) is 5.42. The van der Waals surface area contributed by atoms with Crippen molar-refractivity contribution in [2.75, 3.05) is 18.8 Å². The molecule has 0 unspecified atom stereocenters. The number of fused-ring (bicyclic) bond motifs is 1. The van der Waals surface area contributed by atoms with Gasteiger partial charge in [0.25, 0.3) is 0 Å². The van der Waals surface area contributed by atoms with Crippen LogP contribution < -0.4 is 5.73 Å². The summed E-state index contributed by atoms with van der Waals surface area (Å²) in [5, 5.41) is 5.28. The molecule has 1 aromatic carbocycles. The lowest BCUT2D eigenvalue weighted by molar-refractivity contribution is -0.130. The van der Waals surface area contributed by atoms with E-state index in [1.807, 2.05) is 40.0 Å². The Kier molecular flexibility index (Phi) is 4.92. The van der Waals surface area contributed by atoms with Gasteiger partial charge in [-0.1, -0.05) is 12.1 Å². The third kappa shape index (κ3) is 3.66. The number of aromatic nitrogens is 4. The van der Waals surface area contributed by atoms with Crippen molar-refractivity contribution in [1.29, 1.82) is 0 Å². The molecule has 2 N–H and O–H groups in total. The maximum absolute atomic E-state index is 12.3. The molecule has 4 aromatic rings. The molecule has 3 aromatic heterocycles. The van der Waals surface area contributed by atoms with Crippen LogP contribution in [0.4, 0.5) is 5.82 Å². The first-order valence-electron chi connectivity index (χ1n) is 10.1. The van der Waals surface area contributed by atoms with Gasteiger partial charge in [-0.2, -0.15) is 5.10 Å². The van der Waals surface area contributed by atoms with Crippen LogP contribution in [0, 0.1) is 0 Å². The van der Waals surface area contributed by atoms with Crippen molar-refractivity contribution >= 4 is 33.3 Å². The van der Waals surface area contributed by atoms with Crippen molar-refractivity contribution in [3.63, 3.8) is 0 Å². The van der Waals surface area contributed by atoms with E-state index < -0.39 is 0 Å². The minimum Gasteiger partial charge on any atom is -0.383 e. The number of carbonyl (C=O) groups is 1. The first-order chi connectivity index (χ1) is 14.7. The highest BCUT2D eigenvalue weighted by Crippen LogP contribution is 2.34. The normalized spacial score (nSPS) is 13.9. The quantitative estimate of drug-likeness (QED) is 0.532. The summed E-state index contributed by atoms with van der Waals surface area (Å²) in [6, 6.07) is 10.0. The number of hydrogen-bond acceptors (Lipinski definition) is 6. The third-order valence-corrected chi connectivity index (χ3v) is 6.49. The summed E-state index contributed by atoms with van der Waals surface area (Å²) in [5.41, 5.74) is 9.81. The van der Waals surface area contributed by atoms with Crippen LogP contribution in [0.5, 0.6) is 0 Å². The minimum absolute atomic E-state index is 0.205. The van der Waals surface area contributed by atoms with Crippen LogP contribution in [0.25, 0.3) is 31.9 Å². The molecule has 7 nitrogen and oxygen atoms in total. The summed E-state index contributed by atoms with van der Waals surface area (Å²) in [6.45, 7) is 2.34. The molecule has 0 spiro atoms. The van der Waals surface area contributed by atoms with Gasteiger partial charge >= 0.3 is 0 Å². The smallest absolute Gasteiger partial charge is 0.224 e. The highest BCUT2D eigenvalue weighted by Gasteiger charge is 2.18. The lowest BCUT2D eigenvalue weighted by Gasteiger charge is -2.14. The van der Waals surface area contributed by atoms with Crippen LogP contribution in [-0.2, 0) is 11.3 Å². The number of nitrogens with two attached hydrogens (primary N) is 1. The molecule has 0 radical (unpaired) electrons. The van der Waals surface area contributed by atoms with Gasteiger partial charge in [-0.25, -0.2) is 9.97 Å². The number of amides is 1. The van der Waals surface area contributed by atoms with Gasteiger partial charge in [0.2, 0.25) is 5.91 Å². The van der Waals surface area contributed by atoms with Crippen LogP contribution >= 0.6 is 11.3 Å². The van der Waals surface area contributed by atoms with Crippen molar-refractivity contribution in [3.8, 4) is 21.7 Å². The summed E-state index contributed by atoms with van der Waals surface area (Å²) in [6.07, 6.45) is 8.20. The van der Waals surface area contributed by atoms with E-state index in [9.17, 15) is 4.79 Å². The number of benzene rings is 1. The van der Waals surface area contributed by atoms with Gasteiger partial charge in [0, 0.05) is 49.6 Å². The van der Waals surface area contributed by atoms with Gasteiger partial charge in [-0.3, -0.25) is 9.48 Å². The number of nitrogens with zero attached hydrogens (tertiary/aromatic N) is 5. The fraction of sp³-hybridized carbons (Fsp3) is 0.273. The number of para-hydroxylation sites is 1. The Morgan fingerprint density at radius 3 is 2.80 bits per heavy atom. The van der Waals surface area contributed by atoms with Crippen molar-refractivity contribution in [1.82, 2.24) is 24.6 Å². The van der Waals surface area contributed by atoms with E-state index in [0.717, 1.165) is 57.8 Å². The van der Waals surface area contributed by atoms with Crippen LogP contribution in [-0.4, -0.2) is 43.6 Å². The van der Waals surface area contributed by atoms with E-state index in [1.54, 1.807) is 23.7 Å². The van der Waals surface area contributed by atoms with Crippen LogP contribution in [0.15, 0.2) is 48.9 Å². The van der Waals surface area contributed by atoms with Crippen LogP contribution in [0.1, 0.15) is 19.3 Å². The molecule has 8 heteroatoms. The maximum atomic E-state index is 12.3. The van der Waals surface area contributed by atoms with Gasteiger partial charge in [-0.15, -0.1) is 11.3 Å². The Morgan fingerprint density at radius 1 is 1.13 bits per heavy atom. The number of pyridine rings is 1. The average molecular weight is 419 g/mol. The Balaban J connectivity index is 1.36. The van der Waals surface area contributed by atoms with Crippen molar-refractivity contribution in [3.05, 3.63) is 48.9 Å². The van der Waals surface area contributed by atoms with E-state index in [1.165, 1.54) is 0 Å². The molecule has 0 saturated carbocycles. The fourth-order valence-corrected chi connectivity index (χ4v) is 4.75. The molecular formula is C22H22N6OS. The highest BCUT2D eigenvalue weighted by atomic mass is 32.1. The zero-order valence-electron chi connectivity index (χ0n) is 16.5. The summed E-state index contributed by atoms with van der Waals surface area (Å²) in [7, 11) is 0. The van der Waals surface area contributed by atoms with Gasteiger partial charge in [0.15, 0.2) is 0 Å². The molecular weight excluding hydrogens is 396 g/mol. The second-order valence-corrected chi connectivity index (χ2v) is 8.50. The number of nitrogen functional groups attached to an aromatic ring is 1. The van der Waals surface area contributed by atoms with E-state index >= 15 is 0 Å². The number of hydrogen-bond donors (Lipinski definition) is 1. The molecule has 5 rings (SSSR count). The second-order valence-electron chi connectivity index (χ2n) is 7.47. The Bertz CT molecular complexity index is 1170. The van der Waals surface area contributed by atoms with Gasteiger partial charge < -0.3 is 10.6 Å². The summed E-state index contributed by atoms with van der Waals surface area (Å²) in [4.78, 5) is 23.3. The monoisotopic (exact) mass is 418 g/mol. The zero-order valence-corrected chi connectivity index (χ0v) is 17.3. The molecule has 1 amide bonds. The van der Waals surface area contributed by atoms with E-state index in [0.29, 0.717) is 18.8 Å². The largest absolute Gasteiger partial charge is 0.383 e. The molecule has 4 heterocycles. The average Bonchev–Trinajstić information content (AvgIpc) is 3.52. The van der Waals surface area contributed by atoms with Gasteiger partial charge in [0.05, 0.1) is 22.0 Å². The zero-order chi connectivity index (χ0) is 20.5. The molecule has 1 aliphatic rings. The lowest BCUT2D eigenvalue weighted by Crippen LogP contribution is -2.28. The predicted molar refractivity (Wildman–Crippen MR) is 119 cm³/mol. The van der Waals surface area contributed by atoms with Crippen LogP contribution in [0.2, 0.25) is 0 Å². The molecule has 0 atom stereocenters. The fourth-order valence-electron chi connectivity index (χ4n) is 3.76. The van der Waals surface area contributed by atoms with Crippen molar-refractivity contribution in [2.24, 2.45) is 0 Å². The Labute approximate surface area is 178 Å². The Hall–Kier alpha value is -3.26. The summed E-state index contributed by atoms with van der Waals surface area (Å²) < 4.78 is 2.93. The first kappa shape index (κ1) is 18.7.